The van der Waals surface area contributed by atoms with Crippen molar-refractivity contribution in [2.75, 3.05) is 0 Å². The second-order valence-corrected chi connectivity index (χ2v) is 5.25. The lowest BCUT2D eigenvalue weighted by molar-refractivity contribution is -0.143. The molecular formula is C14H15N3O4. The van der Waals surface area contributed by atoms with Crippen LogP contribution in [0.5, 0.6) is 5.75 Å². The number of benzene rings is 1. The van der Waals surface area contributed by atoms with Crippen molar-refractivity contribution in [3.63, 3.8) is 0 Å². The van der Waals surface area contributed by atoms with Gasteiger partial charge in [-0.1, -0.05) is 0 Å². The van der Waals surface area contributed by atoms with Gasteiger partial charge in [0.25, 0.3) is 5.91 Å². The molecule has 7 nitrogen and oxygen atoms in total. The van der Waals surface area contributed by atoms with Crippen LogP contribution in [0, 0.1) is 16.7 Å². The summed E-state index contributed by atoms with van der Waals surface area (Å²) >= 11 is 0. The largest absolute Gasteiger partial charge is 0.425 e. The molecule has 1 rings (SSSR count). The Morgan fingerprint density at radius 3 is 2.43 bits per heavy atom. The molecule has 0 fully saturated rings. The minimum absolute atomic E-state index is 0.0231. The first-order valence-electron chi connectivity index (χ1n) is 6.01. The number of esters is 1. The second-order valence-electron chi connectivity index (χ2n) is 5.25. The molecule has 21 heavy (non-hydrogen) atoms. The Balaban J connectivity index is 3.43. The Kier molecular flexibility index (Phi) is 4.79. The van der Waals surface area contributed by atoms with E-state index in [2.05, 4.69) is 0 Å². The number of nitrogens with zero attached hydrogens (tertiary/aromatic N) is 1. The molecular weight excluding hydrogens is 274 g/mol. The van der Waals surface area contributed by atoms with E-state index in [-0.39, 0.29) is 22.4 Å². The molecule has 0 spiro atoms. The number of hydrazine groups is 1. The van der Waals surface area contributed by atoms with E-state index in [0.717, 1.165) is 0 Å². The SMILES string of the molecule is CC(C)(C)C(=O)Oc1ccc(C=O)c(C(=O)NN)c1C#N. The highest BCUT2D eigenvalue weighted by molar-refractivity contribution is 6.04. The van der Waals surface area contributed by atoms with Crippen LogP contribution in [0.15, 0.2) is 12.1 Å². The van der Waals surface area contributed by atoms with Crippen molar-refractivity contribution in [2.45, 2.75) is 20.8 Å². The highest BCUT2D eigenvalue weighted by atomic mass is 16.5. The first-order valence-corrected chi connectivity index (χ1v) is 6.01. The highest BCUT2D eigenvalue weighted by Crippen LogP contribution is 2.27. The monoisotopic (exact) mass is 289 g/mol. The van der Waals surface area contributed by atoms with Crippen molar-refractivity contribution < 1.29 is 19.1 Å². The molecule has 0 saturated heterocycles. The van der Waals surface area contributed by atoms with Crippen molar-refractivity contribution in [1.82, 2.24) is 5.43 Å². The molecule has 0 unspecified atom stereocenters. The van der Waals surface area contributed by atoms with Crippen LogP contribution in [0.25, 0.3) is 0 Å². The zero-order chi connectivity index (χ0) is 16.2. The number of nitrogen functional groups attached to an aromatic ring is 1. The molecule has 0 aromatic heterocycles. The summed E-state index contributed by atoms with van der Waals surface area (Å²) in [5.41, 5.74) is 0.594. The van der Waals surface area contributed by atoms with E-state index in [9.17, 15) is 19.6 Å². The summed E-state index contributed by atoms with van der Waals surface area (Å²) < 4.78 is 5.14. The summed E-state index contributed by atoms with van der Waals surface area (Å²) in [6, 6.07) is 4.33. The maximum atomic E-state index is 11.9. The number of rotatable bonds is 3. The van der Waals surface area contributed by atoms with E-state index in [1.165, 1.54) is 12.1 Å². The number of carbonyl (C=O) groups excluding carboxylic acids is 3. The Labute approximate surface area is 121 Å². The van der Waals surface area contributed by atoms with Crippen LogP contribution in [-0.4, -0.2) is 18.2 Å². The Morgan fingerprint density at radius 2 is 2.00 bits per heavy atom. The fourth-order valence-corrected chi connectivity index (χ4v) is 1.46. The average molecular weight is 289 g/mol. The van der Waals surface area contributed by atoms with E-state index in [1.807, 2.05) is 5.43 Å². The molecule has 0 saturated carbocycles. The van der Waals surface area contributed by atoms with Gasteiger partial charge in [-0.25, -0.2) is 5.84 Å². The van der Waals surface area contributed by atoms with Gasteiger partial charge in [-0.3, -0.25) is 19.8 Å². The maximum absolute atomic E-state index is 11.9. The van der Waals surface area contributed by atoms with Gasteiger partial charge in [-0.05, 0) is 32.9 Å². The Hall–Kier alpha value is -2.72. The van der Waals surface area contributed by atoms with Crippen molar-refractivity contribution in [1.29, 1.82) is 5.26 Å². The minimum atomic E-state index is -0.817. The van der Waals surface area contributed by atoms with Crippen LogP contribution in [0.3, 0.4) is 0 Å². The highest BCUT2D eigenvalue weighted by Gasteiger charge is 2.27. The van der Waals surface area contributed by atoms with Crippen molar-refractivity contribution in [3.05, 3.63) is 28.8 Å². The van der Waals surface area contributed by atoms with Crippen LogP contribution in [0.4, 0.5) is 0 Å². The summed E-state index contributed by atoms with van der Waals surface area (Å²) in [7, 11) is 0. The summed E-state index contributed by atoms with van der Waals surface area (Å²) in [4.78, 5) is 34.6. The number of hydrogen-bond acceptors (Lipinski definition) is 6. The summed E-state index contributed by atoms with van der Waals surface area (Å²) in [5, 5.41) is 9.20. The zero-order valence-electron chi connectivity index (χ0n) is 11.9. The molecule has 110 valence electrons. The van der Waals surface area contributed by atoms with Gasteiger partial charge in [-0.2, -0.15) is 5.26 Å². The van der Waals surface area contributed by atoms with Gasteiger partial charge >= 0.3 is 5.97 Å². The third-order valence-corrected chi connectivity index (χ3v) is 2.61. The van der Waals surface area contributed by atoms with E-state index in [1.54, 1.807) is 26.8 Å². The van der Waals surface area contributed by atoms with Crippen LogP contribution in [-0.2, 0) is 4.79 Å². The first kappa shape index (κ1) is 16.3. The third kappa shape index (κ3) is 3.43. The Morgan fingerprint density at radius 1 is 1.38 bits per heavy atom. The van der Waals surface area contributed by atoms with Crippen molar-refractivity contribution in [3.8, 4) is 11.8 Å². The number of nitrogens with one attached hydrogen (secondary N) is 1. The van der Waals surface area contributed by atoms with Crippen molar-refractivity contribution >= 4 is 18.2 Å². The molecule has 1 aromatic rings. The predicted molar refractivity (Wildman–Crippen MR) is 73.3 cm³/mol. The standard InChI is InChI=1S/C14H15N3O4/c1-14(2,3)13(20)21-10-5-4-8(7-18)11(9(10)6-15)12(19)17-16/h4-5,7H,16H2,1-3H3,(H,17,19). The zero-order valence-corrected chi connectivity index (χ0v) is 11.9. The van der Waals surface area contributed by atoms with Gasteiger partial charge in [0.15, 0.2) is 6.29 Å². The number of carbonyl (C=O) groups is 3. The summed E-state index contributed by atoms with van der Waals surface area (Å²) in [6.45, 7) is 4.94. The lowest BCUT2D eigenvalue weighted by Crippen LogP contribution is -2.32. The van der Waals surface area contributed by atoms with Gasteiger partial charge in [0.05, 0.1) is 11.0 Å². The molecule has 7 heteroatoms. The van der Waals surface area contributed by atoms with Crippen molar-refractivity contribution in [2.24, 2.45) is 11.3 Å². The fraction of sp³-hybridized carbons (Fsp3) is 0.286. The number of hydrogen-bond donors (Lipinski definition) is 2. The van der Waals surface area contributed by atoms with E-state index >= 15 is 0 Å². The molecule has 0 aliphatic heterocycles. The molecule has 0 bridgehead atoms. The molecule has 0 aliphatic rings. The van der Waals surface area contributed by atoms with Gasteiger partial charge in [0.2, 0.25) is 0 Å². The summed E-state index contributed by atoms with van der Waals surface area (Å²) in [5.74, 6) is 3.55. The average Bonchev–Trinajstić information content (AvgIpc) is 2.44. The number of nitrogens with two attached hydrogens (primary N) is 1. The fourth-order valence-electron chi connectivity index (χ4n) is 1.46. The van der Waals surface area contributed by atoms with E-state index < -0.39 is 17.3 Å². The number of aldehydes is 1. The van der Waals surface area contributed by atoms with Crippen LogP contribution < -0.4 is 16.0 Å². The van der Waals surface area contributed by atoms with Gasteiger partial charge in [0.1, 0.15) is 17.4 Å². The molecule has 3 N–H and O–H groups in total. The number of nitriles is 1. The lowest BCUT2D eigenvalue weighted by Gasteiger charge is -2.18. The smallest absolute Gasteiger partial charge is 0.316 e. The van der Waals surface area contributed by atoms with Crippen LogP contribution >= 0.6 is 0 Å². The minimum Gasteiger partial charge on any atom is -0.425 e. The summed E-state index contributed by atoms with van der Waals surface area (Å²) in [6.07, 6.45) is 0.417. The molecule has 0 radical (unpaired) electrons. The third-order valence-electron chi connectivity index (χ3n) is 2.61. The maximum Gasteiger partial charge on any atom is 0.316 e. The lowest BCUT2D eigenvalue weighted by atomic mass is 9.97. The number of amides is 1. The normalized spacial score (nSPS) is 10.4. The molecule has 0 aliphatic carbocycles. The molecule has 1 amide bonds. The predicted octanol–water partition coefficient (Wildman–Crippen LogP) is 0.926. The quantitative estimate of drug-likeness (QED) is 0.213. The van der Waals surface area contributed by atoms with E-state index in [4.69, 9.17) is 10.6 Å². The van der Waals surface area contributed by atoms with E-state index in [0.29, 0.717) is 6.29 Å². The Bertz CT molecular complexity index is 639. The second kappa shape index (κ2) is 6.15. The first-order chi connectivity index (χ1) is 9.76. The number of ether oxygens (including phenoxy) is 1. The van der Waals surface area contributed by atoms with Gasteiger partial charge < -0.3 is 4.74 Å². The van der Waals surface area contributed by atoms with Crippen LogP contribution in [0.2, 0.25) is 0 Å². The van der Waals surface area contributed by atoms with Gasteiger partial charge in [-0.15, -0.1) is 0 Å². The molecule has 0 atom stereocenters. The molecule has 1 aromatic carbocycles. The molecule has 0 heterocycles. The topological polar surface area (TPSA) is 122 Å². The van der Waals surface area contributed by atoms with Crippen LogP contribution in [0.1, 0.15) is 47.1 Å². The van der Waals surface area contributed by atoms with Gasteiger partial charge in [0, 0.05) is 5.56 Å².